The van der Waals surface area contributed by atoms with Gasteiger partial charge in [-0.15, -0.1) is 0 Å². The van der Waals surface area contributed by atoms with Gasteiger partial charge in [0, 0.05) is 19.8 Å². The molecule has 0 aliphatic rings. The minimum Gasteiger partial charge on any atom is -0.478 e. The monoisotopic (exact) mass is 394 g/mol. The van der Waals surface area contributed by atoms with Crippen molar-refractivity contribution >= 4 is 38.8 Å². The van der Waals surface area contributed by atoms with Gasteiger partial charge < -0.3 is 5.11 Å². The lowest BCUT2D eigenvalue weighted by molar-refractivity contribution is 0.0697. The van der Waals surface area contributed by atoms with Crippen LogP contribution in [0.15, 0.2) is 30.3 Å². The highest BCUT2D eigenvalue weighted by atomic mass is 35.5. The van der Waals surface area contributed by atoms with Crippen LogP contribution in [0.5, 0.6) is 0 Å². The van der Waals surface area contributed by atoms with Gasteiger partial charge in [0.2, 0.25) is 0 Å². The number of carboxylic acids is 1. The number of benzene rings is 1. The van der Waals surface area contributed by atoms with Crippen LogP contribution in [0.4, 0.5) is 0 Å². The van der Waals surface area contributed by atoms with Gasteiger partial charge in [-0.1, -0.05) is 17.7 Å². The predicted molar refractivity (Wildman–Crippen MR) is 97.7 cm³/mol. The molecular formula is C16H15ClN4O4S. The Morgan fingerprint density at radius 1 is 1.19 bits per heavy atom. The summed E-state index contributed by atoms with van der Waals surface area (Å²) in [7, 11) is -1.27. The van der Waals surface area contributed by atoms with Crippen LogP contribution in [0, 0.1) is 6.92 Å². The van der Waals surface area contributed by atoms with Crippen molar-refractivity contribution in [3.8, 4) is 11.5 Å². The highest BCUT2D eigenvalue weighted by Crippen LogP contribution is 2.32. The Balaban J connectivity index is 2.51. The smallest absolute Gasteiger partial charge is 0.338 e. The number of nitrogens with zero attached hydrogens (tertiary/aromatic N) is 4. The Morgan fingerprint density at radius 3 is 2.50 bits per heavy atom. The molecule has 8 nitrogen and oxygen atoms in total. The maximum atomic E-state index is 12.9. The standard InChI is InChI=1S/C16H15ClN4O4S/c1-9-7-8-10(16(22)23)13(18-9)15-19-14-11(17)5-4-6-12(14)21(15)26(24,25)20(2)3/h4-8H,1-3H3,(H,22,23). The first-order valence-corrected chi connectivity index (χ1v) is 9.23. The average Bonchev–Trinajstić information content (AvgIpc) is 2.95. The van der Waals surface area contributed by atoms with Crippen LogP contribution in [-0.2, 0) is 10.2 Å². The first-order chi connectivity index (χ1) is 12.1. The summed E-state index contributed by atoms with van der Waals surface area (Å²) in [6.45, 7) is 1.68. The van der Waals surface area contributed by atoms with E-state index in [1.165, 1.54) is 26.2 Å². The number of imidazole rings is 1. The second-order valence-electron chi connectivity index (χ2n) is 5.75. The van der Waals surface area contributed by atoms with E-state index in [4.69, 9.17) is 11.6 Å². The molecule has 1 aromatic carbocycles. The van der Waals surface area contributed by atoms with Crippen LogP contribution in [0.2, 0.25) is 5.02 Å². The molecule has 0 aliphatic heterocycles. The van der Waals surface area contributed by atoms with Crippen molar-refractivity contribution < 1.29 is 18.3 Å². The third-order valence-corrected chi connectivity index (χ3v) is 5.82. The summed E-state index contributed by atoms with van der Waals surface area (Å²) in [5.74, 6) is -1.35. The van der Waals surface area contributed by atoms with Crippen LogP contribution >= 0.6 is 11.6 Å². The first-order valence-electron chi connectivity index (χ1n) is 7.46. The fraction of sp³-hybridized carbons (Fsp3) is 0.188. The minimum absolute atomic E-state index is 0.0461. The maximum absolute atomic E-state index is 12.9. The molecule has 26 heavy (non-hydrogen) atoms. The van der Waals surface area contributed by atoms with E-state index in [0.717, 1.165) is 8.28 Å². The number of para-hydroxylation sites is 1. The van der Waals surface area contributed by atoms with E-state index in [9.17, 15) is 18.3 Å². The van der Waals surface area contributed by atoms with Crippen LogP contribution in [0.1, 0.15) is 16.1 Å². The molecule has 3 rings (SSSR count). The van der Waals surface area contributed by atoms with Gasteiger partial charge in [-0.2, -0.15) is 12.7 Å². The number of carboxylic acid groups (broad SMARTS) is 1. The van der Waals surface area contributed by atoms with Crippen molar-refractivity contribution in [1.29, 1.82) is 0 Å². The molecular weight excluding hydrogens is 380 g/mol. The molecule has 3 aromatic rings. The quantitative estimate of drug-likeness (QED) is 0.728. The third kappa shape index (κ3) is 2.83. The number of aryl methyl sites for hydroxylation is 1. The van der Waals surface area contributed by atoms with Gasteiger partial charge in [0.15, 0.2) is 5.82 Å². The van der Waals surface area contributed by atoms with Crippen molar-refractivity contribution in [1.82, 2.24) is 18.2 Å². The maximum Gasteiger partial charge on any atom is 0.338 e. The molecule has 1 N–H and O–H groups in total. The Bertz CT molecular complexity index is 1140. The molecule has 2 aromatic heterocycles. The molecule has 10 heteroatoms. The summed E-state index contributed by atoms with van der Waals surface area (Å²) in [6, 6.07) is 7.63. The van der Waals surface area contributed by atoms with E-state index in [1.54, 1.807) is 25.1 Å². The van der Waals surface area contributed by atoms with Gasteiger partial charge in [-0.05, 0) is 31.2 Å². The first kappa shape index (κ1) is 18.3. The lowest BCUT2D eigenvalue weighted by Gasteiger charge is -2.16. The van der Waals surface area contributed by atoms with Crippen molar-refractivity contribution in [2.24, 2.45) is 0 Å². The van der Waals surface area contributed by atoms with E-state index in [2.05, 4.69) is 9.97 Å². The molecule has 0 aliphatic carbocycles. The lowest BCUT2D eigenvalue weighted by Crippen LogP contribution is -2.29. The van der Waals surface area contributed by atoms with Gasteiger partial charge >= 0.3 is 16.2 Å². The van der Waals surface area contributed by atoms with Gasteiger partial charge in [0.25, 0.3) is 0 Å². The van der Waals surface area contributed by atoms with Crippen molar-refractivity contribution in [2.45, 2.75) is 6.92 Å². The fourth-order valence-electron chi connectivity index (χ4n) is 2.49. The Kier molecular flexibility index (Phi) is 4.47. The number of hydrogen-bond acceptors (Lipinski definition) is 5. The molecule has 0 amide bonds. The summed E-state index contributed by atoms with van der Waals surface area (Å²) in [5.41, 5.74) is 0.805. The number of pyridine rings is 1. The average molecular weight is 395 g/mol. The lowest BCUT2D eigenvalue weighted by atomic mass is 10.1. The van der Waals surface area contributed by atoms with Crippen molar-refractivity contribution in [3.05, 3.63) is 46.6 Å². The summed E-state index contributed by atoms with van der Waals surface area (Å²) < 4.78 is 27.8. The second-order valence-corrected chi connectivity index (χ2v) is 8.15. The Morgan fingerprint density at radius 2 is 1.88 bits per heavy atom. The molecule has 0 saturated carbocycles. The van der Waals surface area contributed by atoms with E-state index in [0.29, 0.717) is 5.69 Å². The Hall–Kier alpha value is -2.49. The summed E-state index contributed by atoms with van der Waals surface area (Å²) in [4.78, 5) is 20.2. The second kappa shape index (κ2) is 6.35. The largest absolute Gasteiger partial charge is 0.478 e. The molecule has 0 atom stereocenters. The van der Waals surface area contributed by atoms with E-state index < -0.39 is 16.2 Å². The van der Waals surface area contributed by atoms with Crippen LogP contribution < -0.4 is 0 Å². The van der Waals surface area contributed by atoms with Crippen molar-refractivity contribution in [3.63, 3.8) is 0 Å². The molecule has 0 radical (unpaired) electrons. The molecule has 2 heterocycles. The van der Waals surface area contributed by atoms with Gasteiger partial charge in [0.05, 0.1) is 16.1 Å². The van der Waals surface area contributed by atoms with Crippen LogP contribution in [-0.4, -0.2) is 51.8 Å². The number of fused-ring (bicyclic) bond motifs is 1. The SMILES string of the molecule is Cc1ccc(C(=O)O)c(-c2nc3c(Cl)cccc3n2S(=O)(=O)N(C)C)n1. The minimum atomic E-state index is -4.02. The number of hydrogen-bond donors (Lipinski definition) is 1. The summed E-state index contributed by atoms with van der Waals surface area (Å²) in [6.07, 6.45) is 0. The zero-order valence-electron chi connectivity index (χ0n) is 14.1. The molecule has 0 bridgehead atoms. The van der Waals surface area contributed by atoms with E-state index in [-0.39, 0.29) is 33.1 Å². The van der Waals surface area contributed by atoms with Crippen LogP contribution in [0.3, 0.4) is 0 Å². The van der Waals surface area contributed by atoms with E-state index in [1.807, 2.05) is 0 Å². The normalized spacial score (nSPS) is 12.0. The zero-order valence-corrected chi connectivity index (χ0v) is 15.7. The number of aromatic carboxylic acids is 1. The predicted octanol–water partition coefficient (Wildman–Crippen LogP) is 2.41. The fourth-order valence-corrected chi connectivity index (χ4v) is 3.77. The number of rotatable bonds is 4. The van der Waals surface area contributed by atoms with Gasteiger partial charge in [-0.3, -0.25) is 0 Å². The summed E-state index contributed by atoms with van der Waals surface area (Å²) in [5, 5.41) is 9.74. The van der Waals surface area contributed by atoms with Gasteiger partial charge in [-0.25, -0.2) is 18.7 Å². The highest BCUT2D eigenvalue weighted by molar-refractivity contribution is 7.87. The number of carbonyl (C=O) groups is 1. The van der Waals surface area contributed by atoms with Gasteiger partial charge in [0.1, 0.15) is 11.2 Å². The van der Waals surface area contributed by atoms with Crippen molar-refractivity contribution in [2.75, 3.05) is 14.1 Å². The molecule has 0 saturated heterocycles. The molecule has 0 fully saturated rings. The summed E-state index contributed by atoms with van der Waals surface area (Å²) >= 11 is 6.17. The highest BCUT2D eigenvalue weighted by Gasteiger charge is 2.29. The molecule has 0 unspecified atom stereocenters. The molecule has 136 valence electrons. The topological polar surface area (TPSA) is 105 Å². The molecule has 0 spiro atoms. The van der Waals surface area contributed by atoms with E-state index >= 15 is 0 Å². The zero-order chi connectivity index (χ0) is 19.2. The third-order valence-electron chi connectivity index (χ3n) is 3.76. The Labute approximate surface area is 154 Å². The van der Waals surface area contributed by atoms with Crippen LogP contribution in [0.25, 0.3) is 22.6 Å². The number of aromatic nitrogens is 3. The number of halogens is 1.